The second-order valence-electron chi connectivity index (χ2n) is 11.3. The Balaban J connectivity index is 2.30. The van der Waals surface area contributed by atoms with Gasteiger partial charge in [0.05, 0.1) is 28.4 Å². The fourth-order valence-electron chi connectivity index (χ4n) is 5.23. The number of carbonyl (C=O) groups excluding carboxylic acids is 1. The van der Waals surface area contributed by atoms with Gasteiger partial charge in [0, 0.05) is 22.0 Å². The molecule has 0 aromatic heterocycles. The molecule has 1 N–H and O–H groups in total. The molecule has 1 amide bonds. The Morgan fingerprint density at radius 2 is 1.74 bits per heavy atom. The van der Waals surface area contributed by atoms with Gasteiger partial charge in [0.25, 0.3) is 0 Å². The molecule has 38 heavy (non-hydrogen) atoms. The normalized spacial score (nSPS) is 23.4. The van der Waals surface area contributed by atoms with E-state index < -0.39 is 62.1 Å². The zero-order valence-electron chi connectivity index (χ0n) is 22.2. The van der Waals surface area contributed by atoms with Crippen molar-refractivity contribution in [2.75, 3.05) is 5.75 Å². The van der Waals surface area contributed by atoms with Crippen LogP contribution in [-0.2, 0) is 19.4 Å². The summed E-state index contributed by atoms with van der Waals surface area (Å²) in [6, 6.07) is 9.52. The molecular weight excluding hydrogens is 552 g/mol. The van der Waals surface area contributed by atoms with Crippen LogP contribution in [0.1, 0.15) is 77.0 Å². The van der Waals surface area contributed by atoms with Crippen molar-refractivity contribution < 1.29 is 27.5 Å². The van der Waals surface area contributed by atoms with Gasteiger partial charge in [-0.1, -0.05) is 49.2 Å². The summed E-state index contributed by atoms with van der Waals surface area (Å²) in [5.41, 5.74) is -0.188. The number of hydrogen-bond donors (Lipinski definition) is 1. The summed E-state index contributed by atoms with van der Waals surface area (Å²) in [5, 5.41) is 10.4. The number of rotatable bonds is 8. The predicted octanol–water partition coefficient (Wildman–Crippen LogP) is 6.66. The Labute approximate surface area is 234 Å². The Kier molecular flexibility index (Phi) is 8.91. The van der Waals surface area contributed by atoms with Crippen LogP contribution in [0.25, 0.3) is 0 Å². The van der Waals surface area contributed by atoms with Gasteiger partial charge in [0.1, 0.15) is 5.82 Å². The Hall–Kier alpha value is -2.16. The van der Waals surface area contributed by atoms with Gasteiger partial charge in [-0.25, -0.2) is 12.8 Å². The van der Waals surface area contributed by atoms with Gasteiger partial charge < -0.3 is 10.0 Å². The summed E-state index contributed by atoms with van der Waals surface area (Å²) in [5.74, 6) is -3.04. The Morgan fingerprint density at radius 3 is 2.24 bits per heavy atom. The van der Waals surface area contributed by atoms with E-state index in [1.807, 2.05) is 0 Å². The van der Waals surface area contributed by atoms with Crippen molar-refractivity contribution in [1.82, 2.24) is 4.90 Å². The van der Waals surface area contributed by atoms with E-state index in [1.165, 1.54) is 17.0 Å². The first-order valence-corrected chi connectivity index (χ1v) is 14.9. The lowest BCUT2D eigenvalue weighted by atomic mass is 9.67. The standard InChI is InChI=1S/C28H34Cl2FNO5S/c1-6-22(16-38(36,37)27(2,3)4)32-25(17-7-9-19(29)10-8-17)23(18-11-20(30)13-21(31)12-18)14-28(5,26(32)35)15-24(33)34/h7-13,22-23,25H,6,14-16H2,1-5H3,(H,33,34)/t22-,23+,25+,28-/m0/s1. The minimum Gasteiger partial charge on any atom is -0.481 e. The maximum Gasteiger partial charge on any atom is 0.304 e. The number of carboxylic acid groups (broad SMARTS) is 1. The fraction of sp³-hybridized carbons (Fsp3) is 0.500. The number of aliphatic carboxylic acids is 1. The Morgan fingerprint density at radius 1 is 1.13 bits per heavy atom. The number of carboxylic acids is 1. The van der Waals surface area contributed by atoms with E-state index in [1.54, 1.807) is 65.0 Å². The molecule has 1 fully saturated rings. The van der Waals surface area contributed by atoms with E-state index in [2.05, 4.69) is 0 Å². The molecule has 208 valence electrons. The lowest BCUT2D eigenvalue weighted by Crippen LogP contribution is -2.58. The molecule has 4 atom stereocenters. The third-order valence-electron chi connectivity index (χ3n) is 7.38. The minimum atomic E-state index is -3.66. The topological polar surface area (TPSA) is 91.8 Å². The molecule has 10 heteroatoms. The molecule has 0 spiro atoms. The summed E-state index contributed by atoms with van der Waals surface area (Å²) < 4.78 is 40.1. The van der Waals surface area contributed by atoms with E-state index in [-0.39, 0.29) is 17.2 Å². The van der Waals surface area contributed by atoms with E-state index in [4.69, 9.17) is 23.2 Å². The molecule has 1 heterocycles. The van der Waals surface area contributed by atoms with Crippen LogP contribution in [0, 0.1) is 11.2 Å². The SMILES string of the molecule is CC[C@@H](CS(=O)(=O)C(C)(C)C)N1C(=O)[C@](C)(CC(=O)O)C[C@H](c2cc(F)cc(Cl)c2)[C@H]1c1ccc(Cl)cc1. The second kappa shape index (κ2) is 11.1. The van der Waals surface area contributed by atoms with E-state index in [9.17, 15) is 27.5 Å². The number of sulfone groups is 1. The number of carbonyl (C=O) groups is 2. The van der Waals surface area contributed by atoms with Crippen LogP contribution in [0.3, 0.4) is 0 Å². The lowest BCUT2D eigenvalue weighted by molar-refractivity contribution is -0.160. The summed E-state index contributed by atoms with van der Waals surface area (Å²) in [6.45, 7) is 8.20. The van der Waals surface area contributed by atoms with Crippen molar-refractivity contribution in [2.45, 2.75) is 76.6 Å². The van der Waals surface area contributed by atoms with Crippen molar-refractivity contribution in [3.63, 3.8) is 0 Å². The fourth-order valence-corrected chi connectivity index (χ4v) is 6.99. The van der Waals surface area contributed by atoms with Crippen LogP contribution in [0.15, 0.2) is 42.5 Å². The molecule has 0 bridgehead atoms. The first-order valence-electron chi connectivity index (χ1n) is 12.5. The molecular formula is C28H34Cl2FNO5S. The molecule has 0 radical (unpaired) electrons. The number of hydrogen-bond acceptors (Lipinski definition) is 4. The summed E-state index contributed by atoms with van der Waals surface area (Å²) in [7, 11) is -3.66. The van der Waals surface area contributed by atoms with E-state index in [0.717, 1.165) is 0 Å². The van der Waals surface area contributed by atoms with Gasteiger partial charge in [-0.05, 0) is 75.1 Å². The van der Waals surface area contributed by atoms with Gasteiger partial charge >= 0.3 is 5.97 Å². The zero-order chi connectivity index (χ0) is 28.6. The van der Waals surface area contributed by atoms with Crippen LogP contribution in [-0.4, -0.2) is 46.8 Å². The highest BCUT2D eigenvalue weighted by molar-refractivity contribution is 7.92. The summed E-state index contributed by atoms with van der Waals surface area (Å²) in [6.07, 6.45) is -0.0489. The number of piperidine rings is 1. The molecule has 1 aliphatic heterocycles. The van der Waals surface area contributed by atoms with Crippen LogP contribution in [0.2, 0.25) is 10.0 Å². The van der Waals surface area contributed by atoms with Crippen LogP contribution in [0.5, 0.6) is 0 Å². The average Bonchev–Trinajstić information content (AvgIpc) is 2.78. The van der Waals surface area contributed by atoms with Gasteiger partial charge in [-0.15, -0.1) is 0 Å². The minimum absolute atomic E-state index is 0.101. The molecule has 1 aliphatic rings. The zero-order valence-corrected chi connectivity index (χ0v) is 24.5. The summed E-state index contributed by atoms with van der Waals surface area (Å²) in [4.78, 5) is 27.7. The number of likely N-dealkylation sites (tertiary alicyclic amines) is 1. The molecule has 0 saturated carbocycles. The van der Waals surface area contributed by atoms with Crippen LogP contribution >= 0.6 is 23.2 Å². The third-order valence-corrected chi connectivity index (χ3v) is 10.5. The maximum absolute atomic E-state index is 14.6. The smallest absolute Gasteiger partial charge is 0.304 e. The van der Waals surface area contributed by atoms with Crippen molar-refractivity contribution >= 4 is 44.9 Å². The second-order valence-corrected chi connectivity index (χ2v) is 15.0. The average molecular weight is 587 g/mol. The number of amides is 1. The lowest BCUT2D eigenvalue weighted by Gasteiger charge is -2.52. The van der Waals surface area contributed by atoms with Crippen molar-refractivity contribution in [3.8, 4) is 0 Å². The van der Waals surface area contributed by atoms with Gasteiger partial charge in [0.2, 0.25) is 5.91 Å². The molecule has 3 rings (SSSR count). The number of halogens is 3. The molecule has 2 aromatic rings. The van der Waals surface area contributed by atoms with Gasteiger partial charge in [0.15, 0.2) is 9.84 Å². The van der Waals surface area contributed by atoms with Crippen LogP contribution < -0.4 is 0 Å². The van der Waals surface area contributed by atoms with Gasteiger partial charge in [-0.3, -0.25) is 9.59 Å². The van der Waals surface area contributed by atoms with Gasteiger partial charge in [-0.2, -0.15) is 0 Å². The number of benzene rings is 2. The monoisotopic (exact) mass is 585 g/mol. The third kappa shape index (κ3) is 6.35. The highest BCUT2D eigenvalue weighted by Crippen LogP contribution is 2.52. The molecule has 2 aromatic carbocycles. The highest BCUT2D eigenvalue weighted by atomic mass is 35.5. The quantitative estimate of drug-likeness (QED) is 0.374. The first-order chi connectivity index (χ1) is 17.5. The van der Waals surface area contributed by atoms with Crippen LogP contribution in [0.4, 0.5) is 4.39 Å². The maximum atomic E-state index is 14.6. The molecule has 6 nitrogen and oxygen atoms in total. The van der Waals surface area contributed by atoms with E-state index in [0.29, 0.717) is 22.6 Å². The van der Waals surface area contributed by atoms with Crippen molar-refractivity contribution in [3.05, 3.63) is 69.5 Å². The molecule has 0 unspecified atom stereocenters. The predicted molar refractivity (Wildman–Crippen MR) is 148 cm³/mol. The van der Waals surface area contributed by atoms with E-state index >= 15 is 0 Å². The number of nitrogens with zero attached hydrogens (tertiary/aromatic N) is 1. The first kappa shape index (κ1) is 30.4. The largest absolute Gasteiger partial charge is 0.481 e. The molecule has 1 saturated heterocycles. The Bertz CT molecular complexity index is 1290. The van der Waals surface area contributed by atoms with Crippen molar-refractivity contribution in [1.29, 1.82) is 0 Å². The van der Waals surface area contributed by atoms with Crippen molar-refractivity contribution in [2.24, 2.45) is 5.41 Å². The molecule has 0 aliphatic carbocycles. The summed E-state index contributed by atoms with van der Waals surface area (Å²) >= 11 is 12.4. The highest BCUT2D eigenvalue weighted by Gasteiger charge is 2.53.